The number of ether oxygens (including phenoxy) is 1. The number of rotatable bonds is 9. The first-order valence-corrected chi connectivity index (χ1v) is 11.9. The summed E-state index contributed by atoms with van der Waals surface area (Å²) in [6.07, 6.45) is 0. The zero-order valence-corrected chi connectivity index (χ0v) is 20.5. The van der Waals surface area contributed by atoms with Gasteiger partial charge < -0.3 is 4.74 Å². The van der Waals surface area contributed by atoms with Crippen LogP contribution in [0.5, 0.6) is 5.75 Å². The molecule has 0 fully saturated rings. The highest BCUT2D eigenvalue weighted by Gasteiger charge is 2.24. The molecule has 0 radical (unpaired) electrons. The van der Waals surface area contributed by atoms with E-state index in [1.54, 1.807) is 42.5 Å². The highest BCUT2D eigenvalue weighted by atomic mass is 32.2. The molecule has 0 aliphatic carbocycles. The number of halogens is 1. The lowest BCUT2D eigenvalue weighted by atomic mass is 10.1. The minimum Gasteiger partial charge on any atom is -0.489 e. The minimum atomic E-state index is -0.487. The van der Waals surface area contributed by atoms with Crippen molar-refractivity contribution in [2.45, 2.75) is 37.8 Å². The van der Waals surface area contributed by atoms with Gasteiger partial charge in [-0.15, -0.1) is 10.2 Å². The van der Waals surface area contributed by atoms with Gasteiger partial charge in [0.25, 0.3) is 0 Å². The van der Waals surface area contributed by atoms with Crippen molar-refractivity contribution in [1.82, 2.24) is 14.8 Å². The molecular formula is C26H25FN4O3S. The molecule has 0 N–H and O–H groups in total. The number of aromatic nitrogens is 3. The Hall–Kier alpha value is -3.72. The Morgan fingerprint density at radius 1 is 1.03 bits per heavy atom. The van der Waals surface area contributed by atoms with E-state index >= 15 is 0 Å². The topological polar surface area (TPSA) is 83.1 Å². The molecule has 0 aliphatic heterocycles. The molecule has 0 saturated carbocycles. The Labute approximate surface area is 207 Å². The van der Waals surface area contributed by atoms with Crippen LogP contribution in [0.15, 0.2) is 71.9 Å². The van der Waals surface area contributed by atoms with Gasteiger partial charge in [-0.05, 0) is 67.8 Å². The third-order valence-corrected chi connectivity index (χ3v) is 6.89. The fourth-order valence-corrected chi connectivity index (χ4v) is 4.78. The monoisotopic (exact) mass is 492 g/mol. The van der Waals surface area contributed by atoms with E-state index in [4.69, 9.17) is 4.74 Å². The van der Waals surface area contributed by atoms with Crippen LogP contribution in [0.1, 0.15) is 33.3 Å². The van der Waals surface area contributed by atoms with E-state index in [2.05, 4.69) is 16.3 Å². The Morgan fingerprint density at radius 3 is 2.46 bits per heavy atom. The lowest BCUT2D eigenvalue weighted by Crippen LogP contribution is -2.11. The van der Waals surface area contributed by atoms with E-state index in [1.165, 1.54) is 23.4 Å². The van der Waals surface area contributed by atoms with Gasteiger partial charge in [-0.2, -0.15) is 0 Å². The van der Waals surface area contributed by atoms with Gasteiger partial charge in [0, 0.05) is 16.2 Å². The summed E-state index contributed by atoms with van der Waals surface area (Å²) in [7, 11) is 0. The van der Waals surface area contributed by atoms with Crippen molar-refractivity contribution in [2.75, 3.05) is 6.54 Å². The summed E-state index contributed by atoms with van der Waals surface area (Å²) in [6, 6.07) is 19.6. The molecule has 7 nitrogen and oxygen atoms in total. The van der Waals surface area contributed by atoms with E-state index in [-0.39, 0.29) is 23.9 Å². The molecule has 0 saturated heterocycles. The quantitative estimate of drug-likeness (QED) is 0.161. The smallest absolute Gasteiger partial charge is 0.220 e. The van der Waals surface area contributed by atoms with Crippen molar-refractivity contribution < 1.29 is 14.1 Å². The van der Waals surface area contributed by atoms with Crippen LogP contribution in [0, 0.1) is 36.7 Å². The summed E-state index contributed by atoms with van der Waals surface area (Å²) in [5.41, 5.74) is 4.45. The first-order valence-electron chi connectivity index (χ1n) is 11.1. The van der Waals surface area contributed by atoms with Crippen LogP contribution < -0.4 is 4.74 Å². The van der Waals surface area contributed by atoms with Crippen LogP contribution in [0.4, 0.5) is 4.39 Å². The molecule has 1 aromatic heterocycles. The van der Waals surface area contributed by atoms with Crippen molar-refractivity contribution in [3.8, 4) is 11.4 Å². The van der Waals surface area contributed by atoms with Crippen LogP contribution in [-0.2, 0) is 6.61 Å². The average molecular weight is 493 g/mol. The molecule has 35 heavy (non-hydrogen) atoms. The van der Waals surface area contributed by atoms with Crippen LogP contribution in [0.2, 0.25) is 0 Å². The van der Waals surface area contributed by atoms with Crippen molar-refractivity contribution in [3.63, 3.8) is 0 Å². The van der Waals surface area contributed by atoms with Crippen molar-refractivity contribution in [3.05, 3.63) is 111 Å². The van der Waals surface area contributed by atoms with Crippen LogP contribution in [-0.4, -0.2) is 26.2 Å². The molecule has 180 valence electrons. The first-order chi connectivity index (χ1) is 16.8. The maximum Gasteiger partial charge on any atom is 0.220 e. The maximum absolute atomic E-state index is 13.8. The highest BCUT2D eigenvalue weighted by molar-refractivity contribution is 7.99. The molecule has 0 aliphatic rings. The molecule has 1 atom stereocenters. The normalized spacial score (nSPS) is 11.9. The number of nitro groups is 1. The van der Waals surface area contributed by atoms with Crippen LogP contribution in [0.25, 0.3) is 5.69 Å². The van der Waals surface area contributed by atoms with Crippen LogP contribution in [0.3, 0.4) is 0 Å². The first kappa shape index (κ1) is 24.4. The van der Waals surface area contributed by atoms with Gasteiger partial charge in [0.2, 0.25) is 6.54 Å². The summed E-state index contributed by atoms with van der Waals surface area (Å²) in [5, 5.41) is 20.1. The number of benzene rings is 3. The second-order valence-electron chi connectivity index (χ2n) is 8.20. The van der Waals surface area contributed by atoms with Gasteiger partial charge in [-0.1, -0.05) is 48.2 Å². The Morgan fingerprint density at radius 2 is 1.77 bits per heavy atom. The molecule has 0 unspecified atom stereocenters. The summed E-state index contributed by atoms with van der Waals surface area (Å²) in [4.78, 5) is 11.1. The number of aryl methyl sites for hydroxylation is 3. The molecule has 9 heteroatoms. The lowest BCUT2D eigenvalue weighted by molar-refractivity contribution is -0.479. The van der Waals surface area contributed by atoms with Gasteiger partial charge in [-0.3, -0.25) is 14.7 Å². The van der Waals surface area contributed by atoms with Crippen molar-refractivity contribution in [2.24, 2.45) is 0 Å². The standard InChI is InChI=1S/C26H25FN4O3S/c1-17-8-11-22(14-18(17)2)31-19(3)28-29-26(31)35-25(15-30(32)33)20-9-12-23(13-10-20)34-16-21-6-4-5-7-24(21)27/h4-14,25H,15-16H2,1-3H3/t25-/m0/s1. The lowest BCUT2D eigenvalue weighted by Gasteiger charge is -2.15. The summed E-state index contributed by atoms with van der Waals surface area (Å²) >= 11 is 1.30. The molecule has 3 aromatic carbocycles. The zero-order valence-electron chi connectivity index (χ0n) is 19.6. The predicted octanol–water partition coefficient (Wildman–Crippen LogP) is 6.02. The fourth-order valence-electron chi connectivity index (χ4n) is 3.61. The minimum absolute atomic E-state index is 0.0947. The van der Waals surface area contributed by atoms with E-state index in [0.717, 1.165) is 16.8 Å². The molecular weight excluding hydrogens is 467 g/mol. The molecule has 0 bridgehead atoms. The third-order valence-electron chi connectivity index (χ3n) is 5.71. The molecule has 1 heterocycles. The fraction of sp³-hybridized carbons (Fsp3) is 0.231. The summed E-state index contributed by atoms with van der Waals surface area (Å²) < 4.78 is 21.4. The highest BCUT2D eigenvalue weighted by Crippen LogP contribution is 2.36. The van der Waals surface area contributed by atoms with E-state index < -0.39 is 5.25 Å². The molecule has 0 amide bonds. The maximum atomic E-state index is 13.8. The molecule has 4 rings (SSSR count). The summed E-state index contributed by atoms with van der Waals surface area (Å²) in [5.74, 6) is 0.929. The SMILES string of the molecule is Cc1ccc(-n2c(C)nnc2S[C@@H](C[N+](=O)[O-])c2ccc(OCc3ccccc3F)cc2)cc1C. The van der Waals surface area contributed by atoms with Gasteiger partial charge >= 0.3 is 0 Å². The summed E-state index contributed by atoms with van der Waals surface area (Å²) in [6.45, 7) is 5.76. The second-order valence-corrected chi connectivity index (χ2v) is 9.37. The number of hydrogen-bond donors (Lipinski definition) is 0. The van der Waals surface area contributed by atoms with Crippen LogP contribution >= 0.6 is 11.8 Å². The van der Waals surface area contributed by atoms with Gasteiger partial charge in [0.1, 0.15) is 29.2 Å². The Kier molecular flexibility index (Phi) is 7.45. The number of hydrogen-bond acceptors (Lipinski definition) is 6. The average Bonchev–Trinajstić information content (AvgIpc) is 3.20. The predicted molar refractivity (Wildman–Crippen MR) is 133 cm³/mol. The zero-order chi connectivity index (χ0) is 24.9. The molecule has 0 spiro atoms. The number of thioether (sulfide) groups is 1. The second kappa shape index (κ2) is 10.7. The van der Waals surface area contributed by atoms with Gasteiger partial charge in [-0.25, -0.2) is 4.39 Å². The Balaban J connectivity index is 1.55. The third kappa shape index (κ3) is 5.86. The van der Waals surface area contributed by atoms with E-state index in [0.29, 0.717) is 22.3 Å². The largest absolute Gasteiger partial charge is 0.489 e. The van der Waals surface area contributed by atoms with E-state index in [9.17, 15) is 14.5 Å². The van der Waals surface area contributed by atoms with Gasteiger partial charge in [0.15, 0.2) is 5.16 Å². The van der Waals surface area contributed by atoms with Crippen molar-refractivity contribution in [1.29, 1.82) is 0 Å². The van der Waals surface area contributed by atoms with E-state index in [1.807, 2.05) is 37.5 Å². The van der Waals surface area contributed by atoms with Crippen molar-refractivity contribution >= 4 is 11.8 Å². The Bertz CT molecular complexity index is 1340. The number of nitrogens with zero attached hydrogens (tertiary/aromatic N) is 4. The molecule has 4 aromatic rings. The van der Waals surface area contributed by atoms with Gasteiger partial charge in [0.05, 0.1) is 0 Å².